The van der Waals surface area contributed by atoms with Gasteiger partial charge in [0.15, 0.2) is 6.61 Å². The van der Waals surface area contributed by atoms with Crippen LogP contribution in [-0.4, -0.2) is 24.7 Å². The summed E-state index contributed by atoms with van der Waals surface area (Å²) in [7, 11) is 0. The van der Waals surface area contributed by atoms with E-state index in [0.29, 0.717) is 10.7 Å². The SMILES string of the molecule is CSc1ccc(Cl)c(C(=O)OCC(=O)Nc2cc(C)ccc2C)c1. The van der Waals surface area contributed by atoms with Crippen LogP contribution < -0.4 is 5.32 Å². The molecule has 0 aliphatic carbocycles. The van der Waals surface area contributed by atoms with Crippen LogP contribution in [0.15, 0.2) is 41.3 Å². The highest BCUT2D eigenvalue weighted by Gasteiger charge is 2.15. The van der Waals surface area contributed by atoms with Crippen LogP contribution in [0.3, 0.4) is 0 Å². The van der Waals surface area contributed by atoms with Crippen LogP contribution in [0.1, 0.15) is 21.5 Å². The van der Waals surface area contributed by atoms with E-state index >= 15 is 0 Å². The second-order valence-corrected chi connectivity index (χ2v) is 6.58. The summed E-state index contributed by atoms with van der Waals surface area (Å²) in [4.78, 5) is 25.0. The molecule has 0 unspecified atom stereocenters. The first-order valence-corrected chi connectivity index (χ1v) is 8.88. The highest BCUT2D eigenvalue weighted by atomic mass is 35.5. The number of hydrogen-bond acceptors (Lipinski definition) is 4. The fraction of sp³-hybridized carbons (Fsp3) is 0.222. The number of anilines is 1. The molecule has 0 aromatic heterocycles. The van der Waals surface area contributed by atoms with E-state index in [1.807, 2.05) is 44.4 Å². The zero-order chi connectivity index (χ0) is 17.7. The van der Waals surface area contributed by atoms with E-state index in [2.05, 4.69) is 5.32 Å². The van der Waals surface area contributed by atoms with Crippen molar-refractivity contribution in [2.24, 2.45) is 0 Å². The molecule has 2 rings (SSSR count). The van der Waals surface area contributed by atoms with Gasteiger partial charge in [-0.15, -0.1) is 11.8 Å². The van der Waals surface area contributed by atoms with Gasteiger partial charge in [-0.2, -0.15) is 0 Å². The number of rotatable bonds is 5. The summed E-state index contributed by atoms with van der Waals surface area (Å²) < 4.78 is 5.07. The number of thioether (sulfide) groups is 1. The topological polar surface area (TPSA) is 55.4 Å². The number of carbonyl (C=O) groups excluding carboxylic acids is 2. The van der Waals surface area contributed by atoms with Gasteiger partial charge in [0.2, 0.25) is 0 Å². The predicted molar refractivity (Wildman–Crippen MR) is 98.1 cm³/mol. The minimum absolute atomic E-state index is 0.253. The molecule has 0 aliphatic rings. The van der Waals surface area contributed by atoms with E-state index in [1.54, 1.807) is 12.1 Å². The lowest BCUT2D eigenvalue weighted by Crippen LogP contribution is -2.21. The van der Waals surface area contributed by atoms with Gasteiger partial charge < -0.3 is 10.1 Å². The molecule has 0 spiro atoms. The molecule has 4 nitrogen and oxygen atoms in total. The summed E-state index contributed by atoms with van der Waals surface area (Å²) in [5.74, 6) is -1.01. The van der Waals surface area contributed by atoms with Crippen molar-refractivity contribution in [3.63, 3.8) is 0 Å². The molecule has 126 valence electrons. The van der Waals surface area contributed by atoms with E-state index in [9.17, 15) is 9.59 Å². The number of hydrogen-bond donors (Lipinski definition) is 1. The number of carbonyl (C=O) groups is 2. The van der Waals surface area contributed by atoms with Gasteiger partial charge in [0.1, 0.15) is 0 Å². The summed E-state index contributed by atoms with van der Waals surface area (Å²) in [5, 5.41) is 3.04. The number of amides is 1. The van der Waals surface area contributed by atoms with Crippen molar-refractivity contribution in [3.05, 3.63) is 58.1 Å². The standard InChI is InChI=1S/C18H18ClNO3S/c1-11-4-5-12(2)16(8-11)20-17(21)10-23-18(22)14-9-13(24-3)6-7-15(14)19/h4-9H,10H2,1-3H3,(H,20,21). The van der Waals surface area contributed by atoms with E-state index in [-0.39, 0.29) is 12.2 Å². The Labute approximate surface area is 150 Å². The van der Waals surface area contributed by atoms with Gasteiger partial charge in [0, 0.05) is 10.6 Å². The van der Waals surface area contributed by atoms with Crippen molar-refractivity contribution in [2.75, 3.05) is 18.2 Å². The summed E-state index contributed by atoms with van der Waals surface area (Å²) in [6.07, 6.45) is 1.90. The average molecular weight is 364 g/mol. The normalized spacial score (nSPS) is 10.3. The number of benzene rings is 2. The summed E-state index contributed by atoms with van der Waals surface area (Å²) in [5.41, 5.74) is 2.94. The number of aryl methyl sites for hydroxylation is 2. The molecule has 1 N–H and O–H groups in total. The van der Waals surface area contributed by atoms with E-state index in [4.69, 9.17) is 16.3 Å². The van der Waals surface area contributed by atoms with Crippen LogP contribution in [0.2, 0.25) is 5.02 Å². The van der Waals surface area contributed by atoms with Crippen LogP contribution in [-0.2, 0) is 9.53 Å². The van der Waals surface area contributed by atoms with Gasteiger partial charge in [-0.05, 0) is 55.5 Å². The quantitative estimate of drug-likeness (QED) is 0.628. The minimum Gasteiger partial charge on any atom is -0.452 e. The summed E-state index contributed by atoms with van der Waals surface area (Å²) >= 11 is 7.51. The Morgan fingerprint density at radius 3 is 2.62 bits per heavy atom. The van der Waals surface area contributed by atoms with Crippen molar-refractivity contribution in [3.8, 4) is 0 Å². The third-order valence-electron chi connectivity index (χ3n) is 3.39. The molecule has 0 saturated carbocycles. The van der Waals surface area contributed by atoms with Crippen LogP contribution >= 0.6 is 23.4 Å². The zero-order valence-electron chi connectivity index (χ0n) is 13.7. The maximum absolute atomic E-state index is 12.1. The maximum Gasteiger partial charge on any atom is 0.340 e. The fourth-order valence-corrected chi connectivity index (χ4v) is 2.69. The maximum atomic E-state index is 12.1. The van der Waals surface area contributed by atoms with Gasteiger partial charge in [0.25, 0.3) is 5.91 Å². The molecular formula is C18H18ClNO3S. The van der Waals surface area contributed by atoms with Crippen LogP contribution in [0.25, 0.3) is 0 Å². The lowest BCUT2D eigenvalue weighted by molar-refractivity contribution is -0.119. The van der Waals surface area contributed by atoms with Crippen LogP contribution in [0, 0.1) is 13.8 Å². The molecule has 2 aromatic carbocycles. The Balaban J connectivity index is 1.99. The lowest BCUT2D eigenvalue weighted by Gasteiger charge is -2.10. The van der Waals surface area contributed by atoms with Gasteiger partial charge in [-0.25, -0.2) is 4.79 Å². The highest BCUT2D eigenvalue weighted by molar-refractivity contribution is 7.98. The first kappa shape index (κ1) is 18.4. The zero-order valence-corrected chi connectivity index (χ0v) is 15.3. The second-order valence-electron chi connectivity index (χ2n) is 5.29. The Morgan fingerprint density at radius 1 is 1.17 bits per heavy atom. The van der Waals surface area contributed by atoms with Gasteiger partial charge in [-0.1, -0.05) is 23.7 Å². The summed E-state index contributed by atoms with van der Waals surface area (Å²) in [6, 6.07) is 10.9. The highest BCUT2D eigenvalue weighted by Crippen LogP contribution is 2.23. The van der Waals surface area contributed by atoms with Crippen molar-refractivity contribution in [2.45, 2.75) is 18.7 Å². The largest absolute Gasteiger partial charge is 0.452 e. The Kier molecular flexibility index (Phi) is 6.29. The number of esters is 1. The molecule has 0 atom stereocenters. The molecule has 0 saturated heterocycles. The Bertz CT molecular complexity index is 777. The molecule has 0 heterocycles. The third kappa shape index (κ3) is 4.76. The second kappa shape index (κ2) is 8.22. The molecular weight excluding hydrogens is 346 g/mol. The number of nitrogens with one attached hydrogen (secondary N) is 1. The molecule has 1 amide bonds. The van der Waals surface area contributed by atoms with Crippen molar-refractivity contribution >= 4 is 40.9 Å². The van der Waals surface area contributed by atoms with Crippen LogP contribution in [0.4, 0.5) is 5.69 Å². The van der Waals surface area contributed by atoms with Crippen molar-refractivity contribution in [1.82, 2.24) is 0 Å². The summed E-state index contributed by atoms with van der Waals surface area (Å²) in [6.45, 7) is 3.47. The molecule has 0 fully saturated rings. The molecule has 0 bridgehead atoms. The average Bonchev–Trinajstić information content (AvgIpc) is 2.56. The monoisotopic (exact) mass is 363 g/mol. The first-order chi connectivity index (χ1) is 11.4. The van der Waals surface area contributed by atoms with Gasteiger partial charge >= 0.3 is 5.97 Å². The number of ether oxygens (including phenoxy) is 1. The van der Waals surface area contributed by atoms with Gasteiger partial charge in [0.05, 0.1) is 10.6 Å². The molecule has 6 heteroatoms. The van der Waals surface area contributed by atoms with Crippen molar-refractivity contribution < 1.29 is 14.3 Å². The third-order valence-corrected chi connectivity index (χ3v) is 4.45. The first-order valence-electron chi connectivity index (χ1n) is 7.28. The van der Waals surface area contributed by atoms with Crippen LogP contribution in [0.5, 0.6) is 0 Å². The molecule has 24 heavy (non-hydrogen) atoms. The predicted octanol–water partition coefficient (Wildman–Crippen LogP) is 4.47. The van der Waals surface area contributed by atoms with E-state index in [1.165, 1.54) is 11.8 Å². The van der Waals surface area contributed by atoms with Crippen molar-refractivity contribution in [1.29, 1.82) is 0 Å². The lowest BCUT2D eigenvalue weighted by atomic mass is 10.1. The molecule has 0 radical (unpaired) electrons. The fourth-order valence-electron chi connectivity index (χ4n) is 2.05. The molecule has 2 aromatic rings. The van der Waals surface area contributed by atoms with Gasteiger partial charge in [-0.3, -0.25) is 4.79 Å². The smallest absolute Gasteiger partial charge is 0.340 e. The molecule has 0 aliphatic heterocycles. The minimum atomic E-state index is -0.619. The van der Waals surface area contributed by atoms with E-state index in [0.717, 1.165) is 16.0 Å². The van der Waals surface area contributed by atoms with E-state index < -0.39 is 11.9 Å². The Morgan fingerprint density at radius 2 is 1.92 bits per heavy atom. The Hall–Kier alpha value is -1.98. The number of halogens is 1.